The number of ether oxygens (including phenoxy) is 2. The summed E-state index contributed by atoms with van der Waals surface area (Å²) in [5.41, 5.74) is 6.44. The van der Waals surface area contributed by atoms with Crippen LogP contribution in [0.15, 0.2) is 51.4 Å². The number of para-hydroxylation sites is 1. The molecule has 3 nitrogen and oxygen atoms in total. The van der Waals surface area contributed by atoms with Gasteiger partial charge in [-0.15, -0.1) is 0 Å². The number of nitrogens with two attached hydrogens (primary N) is 1. The van der Waals surface area contributed by atoms with E-state index in [-0.39, 0.29) is 0 Å². The molecule has 0 unspecified atom stereocenters. The van der Waals surface area contributed by atoms with Gasteiger partial charge >= 0.3 is 0 Å². The Kier molecular flexibility index (Phi) is 5.10. The minimum absolute atomic E-state index is 0.433. The van der Waals surface area contributed by atoms with E-state index in [1.807, 2.05) is 36.4 Å². The monoisotopic (exact) mass is 385 g/mol. The predicted molar refractivity (Wildman–Crippen MR) is 83.7 cm³/mol. The highest BCUT2D eigenvalue weighted by Gasteiger charge is 2.04. The average Bonchev–Trinajstić information content (AvgIpc) is 2.39. The summed E-state index contributed by atoms with van der Waals surface area (Å²) >= 11 is 6.78. The summed E-state index contributed by atoms with van der Waals surface area (Å²) in [5, 5.41) is 0. The second kappa shape index (κ2) is 6.82. The van der Waals surface area contributed by atoms with Crippen molar-refractivity contribution >= 4 is 37.5 Å². The molecule has 0 spiro atoms. The van der Waals surface area contributed by atoms with Crippen LogP contribution in [0.1, 0.15) is 0 Å². The Morgan fingerprint density at radius 2 is 1.58 bits per heavy atom. The van der Waals surface area contributed by atoms with E-state index in [0.29, 0.717) is 24.7 Å². The lowest BCUT2D eigenvalue weighted by Gasteiger charge is -2.11. The van der Waals surface area contributed by atoms with Crippen molar-refractivity contribution in [2.45, 2.75) is 0 Å². The molecule has 0 saturated heterocycles. The standard InChI is InChI=1S/C14H13Br2NO2/c15-10-4-6-11(7-5-10)18-8-9-19-14-12(16)2-1-3-13(14)17/h1-7H,8-9,17H2. The minimum atomic E-state index is 0.433. The number of benzene rings is 2. The summed E-state index contributed by atoms with van der Waals surface area (Å²) in [6.45, 7) is 0.894. The Bertz CT molecular complexity index is 523. The highest BCUT2D eigenvalue weighted by Crippen LogP contribution is 2.30. The van der Waals surface area contributed by atoms with Gasteiger partial charge in [0, 0.05) is 4.47 Å². The molecule has 2 rings (SSSR count). The molecule has 0 aliphatic carbocycles. The lowest BCUT2D eigenvalue weighted by atomic mass is 10.3. The Morgan fingerprint density at radius 1 is 0.895 bits per heavy atom. The number of anilines is 1. The maximum atomic E-state index is 5.83. The van der Waals surface area contributed by atoms with Gasteiger partial charge in [0.05, 0.1) is 10.2 Å². The second-order valence-electron chi connectivity index (χ2n) is 3.81. The molecule has 0 aromatic heterocycles. The molecule has 0 saturated carbocycles. The smallest absolute Gasteiger partial charge is 0.156 e. The zero-order valence-electron chi connectivity index (χ0n) is 10.1. The first kappa shape index (κ1) is 14.2. The first-order chi connectivity index (χ1) is 9.16. The normalized spacial score (nSPS) is 10.2. The van der Waals surface area contributed by atoms with E-state index in [9.17, 15) is 0 Å². The van der Waals surface area contributed by atoms with E-state index < -0.39 is 0 Å². The number of rotatable bonds is 5. The third-order valence-electron chi connectivity index (χ3n) is 2.41. The van der Waals surface area contributed by atoms with Gasteiger partial charge in [-0.2, -0.15) is 0 Å². The fourth-order valence-electron chi connectivity index (χ4n) is 1.51. The van der Waals surface area contributed by atoms with Gasteiger partial charge in [-0.3, -0.25) is 0 Å². The zero-order chi connectivity index (χ0) is 13.7. The Hall–Kier alpha value is -1.20. The van der Waals surface area contributed by atoms with Crippen molar-refractivity contribution in [2.24, 2.45) is 0 Å². The zero-order valence-corrected chi connectivity index (χ0v) is 13.3. The molecule has 0 radical (unpaired) electrons. The minimum Gasteiger partial charge on any atom is -0.490 e. The van der Waals surface area contributed by atoms with E-state index in [1.165, 1.54) is 0 Å². The van der Waals surface area contributed by atoms with Crippen LogP contribution in [0.2, 0.25) is 0 Å². The molecule has 0 aliphatic heterocycles. The SMILES string of the molecule is Nc1cccc(Br)c1OCCOc1ccc(Br)cc1. The Balaban J connectivity index is 1.82. The van der Waals surface area contributed by atoms with Crippen molar-refractivity contribution < 1.29 is 9.47 Å². The number of hydrogen-bond acceptors (Lipinski definition) is 3. The van der Waals surface area contributed by atoms with E-state index >= 15 is 0 Å². The topological polar surface area (TPSA) is 44.5 Å². The molecule has 100 valence electrons. The van der Waals surface area contributed by atoms with Crippen LogP contribution in [0, 0.1) is 0 Å². The third kappa shape index (κ3) is 4.14. The highest BCUT2D eigenvalue weighted by molar-refractivity contribution is 9.10. The molecular weight excluding hydrogens is 374 g/mol. The van der Waals surface area contributed by atoms with Crippen LogP contribution in [0.5, 0.6) is 11.5 Å². The van der Waals surface area contributed by atoms with Crippen LogP contribution < -0.4 is 15.2 Å². The fourth-order valence-corrected chi connectivity index (χ4v) is 2.27. The molecule has 0 heterocycles. The Morgan fingerprint density at radius 3 is 2.26 bits per heavy atom. The molecule has 0 bridgehead atoms. The molecule has 0 amide bonds. The van der Waals surface area contributed by atoms with Crippen molar-refractivity contribution in [1.29, 1.82) is 0 Å². The molecule has 5 heteroatoms. The maximum absolute atomic E-state index is 5.83. The van der Waals surface area contributed by atoms with Gasteiger partial charge in [0.15, 0.2) is 5.75 Å². The molecular formula is C14H13Br2NO2. The van der Waals surface area contributed by atoms with Crippen molar-refractivity contribution in [3.8, 4) is 11.5 Å². The lowest BCUT2D eigenvalue weighted by Crippen LogP contribution is -2.10. The third-order valence-corrected chi connectivity index (χ3v) is 3.56. The van der Waals surface area contributed by atoms with Crippen molar-refractivity contribution in [1.82, 2.24) is 0 Å². The molecule has 0 aliphatic rings. The van der Waals surface area contributed by atoms with Gasteiger partial charge in [-0.05, 0) is 52.3 Å². The van der Waals surface area contributed by atoms with Gasteiger partial charge in [-0.25, -0.2) is 0 Å². The summed E-state index contributed by atoms with van der Waals surface area (Å²) in [5.74, 6) is 1.47. The van der Waals surface area contributed by atoms with Crippen LogP contribution in [0.25, 0.3) is 0 Å². The van der Waals surface area contributed by atoms with Crippen LogP contribution in [-0.4, -0.2) is 13.2 Å². The van der Waals surface area contributed by atoms with Crippen LogP contribution >= 0.6 is 31.9 Å². The highest BCUT2D eigenvalue weighted by atomic mass is 79.9. The summed E-state index contributed by atoms with van der Waals surface area (Å²) < 4.78 is 13.0. The van der Waals surface area contributed by atoms with Gasteiger partial charge in [0.2, 0.25) is 0 Å². The molecule has 0 atom stereocenters. The lowest BCUT2D eigenvalue weighted by molar-refractivity contribution is 0.217. The van der Waals surface area contributed by atoms with E-state index in [0.717, 1.165) is 14.7 Å². The number of halogens is 2. The van der Waals surface area contributed by atoms with E-state index in [1.54, 1.807) is 6.07 Å². The summed E-state index contributed by atoms with van der Waals surface area (Å²) in [4.78, 5) is 0. The van der Waals surface area contributed by atoms with Gasteiger partial charge in [0.1, 0.15) is 19.0 Å². The van der Waals surface area contributed by atoms with Crippen LogP contribution in [-0.2, 0) is 0 Å². The van der Waals surface area contributed by atoms with Crippen LogP contribution in [0.3, 0.4) is 0 Å². The molecule has 19 heavy (non-hydrogen) atoms. The first-order valence-corrected chi connectivity index (χ1v) is 7.30. The summed E-state index contributed by atoms with van der Waals surface area (Å²) in [7, 11) is 0. The van der Waals surface area contributed by atoms with Gasteiger partial charge in [-0.1, -0.05) is 22.0 Å². The van der Waals surface area contributed by atoms with Crippen molar-refractivity contribution in [3.63, 3.8) is 0 Å². The van der Waals surface area contributed by atoms with Crippen molar-refractivity contribution in [2.75, 3.05) is 18.9 Å². The van der Waals surface area contributed by atoms with Gasteiger partial charge in [0.25, 0.3) is 0 Å². The molecule has 2 aromatic carbocycles. The van der Waals surface area contributed by atoms with E-state index in [2.05, 4.69) is 31.9 Å². The average molecular weight is 387 g/mol. The summed E-state index contributed by atoms with van der Waals surface area (Å²) in [6.07, 6.45) is 0. The Labute approximate surface area is 129 Å². The fraction of sp³-hybridized carbons (Fsp3) is 0.143. The number of nitrogen functional groups attached to an aromatic ring is 1. The van der Waals surface area contributed by atoms with E-state index in [4.69, 9.17) is 15.2 Å². The largest absolute Gasteiger partial charge is 0.490 e. The summed E-state index contributed by atoms with van der Waals surface area (Å²) in [6, 6.07) is 13.2. The van der Waals surface area contributed by atoms with Crippen LogP contribution in [0.4, 0.5) is 5.69 Å². The first-order valence-electron chi connectivity index (χ1n) is 5.72. The molecule has 2 N–H and O–H groups in total. The maximum Gasteiger partial charge on any atom is 0.156 e. The quantitative estimate of drug-likeness (QED) is 0.617. The van der Waals surface area contributed by atoms with Gasteiger partial charge < -0.3 is 15.2 Å². The second-order valence-corrected chi connectivity index (χ2v) is 5.58. The molecule has 0 fully saturated rings. The predicted octanol–water partition coefficient (Wildman–Crippen LogP) is 4.25. The molecule has 2 aromatic rings. The van der Waals surface area contributed by atoms with Crippen molar-refractivity contribution in [3.05, 3.63) is 51.4 Å². The number of hydrogen-bond donors (Lipinski definition) is 1.